The quantitative estimate of drug-likeness (QED) is 0.463. The highest BCUT2D eigenvalue weighted by Crippen LogP contribution is 2.56. The third-order valence-electron chi connectivity index (χ3n) is 6.29. The number of allylic oxidation sites excluding steroid dienone is 1. The van der Waals surface area contributed by atoms with Gasteiger partial charge in [0.15, 0.2) is 11.4 Å². The maximum Gasteiger partial charge on any atom is 0.338 e. The highest BCUT2D eigenvalue weighted by atomic mass is 16.6. The molecule has 1 N–H and O–H groups in total. The molecular formula is C22H26N3O4+. The second-order valence-corrected chi connectivity index (χ2v) is 7.77. The van der Waals surface area contributed by atoms with E-state index < -0.39 is 0 Å². The Kier molecular flexibility index (Phi) is 4.70. The number of ether oxygens (including phenoxy) is 1. The Bertz CT molecular complexity index is 994. The lowest BCUT2D eigenvalue weighted by molar-refractivity contribution is -0.376. The summed E-state index contributed by atoms with van der Waals surface area (Å²) in [7, 11) is 3.57. The minimum Gasteiger partial charge on any atom is -0.506 e. The zero-order valence-corrected chi connectivity index (χ0v) is 17.0. The van der Waals surface area contributed by atoms with Crippen LogP contribution in [-0.2, 0) is 0 Å². The van der Waals surface area contributed by atoms with Gasteiger partial charge in [-0.2, -0.15) is 0 Å². The van der Waals surface area contributed by atoms with Gasteiger partial charge in [0.1, 0.15) is 28.4 Å². The molecule has 0 saturated carbocycles. The van der Waals surface area contributed by atoms with Gasteiger partial charge in [-0.05, 0) is 43.5 Å². The maximum absolute atomic E-state index is 12.0. The van der Waals surface area contributed by atoms with Crippen molar-refractivity contribution in [3.63, 3.8) is 0 Å². The van der Waals surface area contributed by atoms with E-state index in [1.165, 1.54) is 0 Å². The van der Waals surface area contributed by atoms with Crippen molar-refractivity contribution in [1.29, 1.82) is 0 Å². The largest absolute Gasteiger partial charge is 0.506 e. The van der Waals surface area contributed by atoms with Crippen molar-refractivity contribution in [3.8, 4) is 11.5 Å². The van der Waals surface area contributed by atoms with Crippen LogP contribution in [0.2, 0.25) is 0 Å². The number of quaternary nitrogens is 1. The molecule has 0 radical (unpaired) electrons. The highest BCUT2D eigenvalue weighted by Gasteiger charge is 2.51. The fourth-order valence-electron chi connectivity index (χ4n) is 4.65. The van der Waals surface area contributed by atoms with Crippen molar-refractivity contribution in [2.24, 2.45) is 0 Å². The van der Waals surface area contributed by atoms with E-state index in [1.54, 1.807) is 26.2 Å². The van der Waals surface area contributed by atoms with Crippen LogP contribution in [0.15, 0.2) is 42.1 Å². The van der Waals surface area contributed by atoms with Crippen molar-refractivity contribution in [1.82, 2.24) is 4.48 Å². The van der Waals surface area contributed by atoms with Crippen molar-refractivity contribution in [2.45, 2.75) is 26.2 Å². The second-order valence-electron chi connectivity index (χ2n) is 7.77. The zero-order valence-electron chi connectivity index (χ0n) is 17.0. The summed E-state index contributed by atoms with van der Waals surface area (Å²) >= 11 is 0. The summed E-state index contributed by atoms with van der Waals surface area (Å²) in [4.78, 5) is 13.9. The normalized spacial score (nSPS) is 21.3. The average molecular weight is 396 g/mol. The lowest BCUT2D eigenvalue weighted by Gasteiger charge is -2.36. The van der Waals surface area contributed by atoms with E-state index in [0.717, 1.165) is 49.5 Å². The molecule has 2 aromatic carbocycles. The lowest BCUT2D eigenvalue weighted by atomic mass is 10.0. The van der Waals surface area contributed by atoms with Crippen LogP contribution < -0.4 is 14.1 Å². The number of nitrogens with zero attached hydrogens (tertiary/aromatic N) is 3. The van der Waals surface area contributed by atoms with E-state index in [-0.39, 0.29) is 20.9 Å². The number of benzene rings is 2. The standard InChI is InChI=1S/C22H25N3O4/c1-15-20(24(27)28)18-11-12-19(26)21(23-13-5-4-6-14-23)22(18)25(15,2)16-7-9-17(29-3)10-8-16/h7-12H,4-6,13-14H2,1-3H3/p+1. The van der Waals surface area contributed by atoms with E-state index in [9.17, 15) is 15.2 Å². The number of hydrogen-bond acceptors (Lipinski definition) is 5. The monoisotopic (exact) mass is 396 g/mol. The molecule has 0 amide bonds. The number of phenols is 1. The Hall–Kier alpha value is -3.06. The van der Waals surface area contributed by atoms with Gasteiger partial charge in [-0.3, -0.25) is 10.1 Å². The molecule has 4 rings (SSSR count). The first-order chi connectivity index (χ1) is 13.9. The molecule has 7 nitrogen and oxygen atoms in total. The Balaban J connectivity index is 2.00. The summed E-state index contributed by atoms with van der Waals surface area (Å²) in [5, 5.41) is 22.8. The van der Waals surface area contributed by atoms with E-state index in [4.69, 9.17) is 4.74 Å². The van der Waals surface area contributed by atoms with Gasteiger partial charge in [0.25, 0.3) is 0 Å². The number of hydrogen-bond donors (Lipinski definition) is 1. The summed E-state index contributed by atoms with van der Waals surface area (Å²) in [5.41, 5.74) is 3.66. The van der Waals surface area contributed by atoms with E-state index in [0.29, 0.717) is 16.9 Å². The number of rotatable bonds is 4. The first-order valence-electron chi connectivity index (χ1n) is 9.88. The maximum atomic E-state index is 12.0. The molecule has 2 aromatic rings. The predicted molar refractivity (Wildman–Crippen MR) is 114 cm³/mol. The molecule has 0 aliphatic carbocycles. The smallest absolute Gasteiger partial charge is 0.338 e. The summed E-state index contributed by atoms with van der Waals surface area (Å²) < 4.78 is 5.43. The summed E-state index contributed by atoms with van der Waals surface area (Å²) in [6.45, 7) is 3.47. The highest BCUT2D eigenvalue weighted by molar-refractivity contribution is 5.95. The number of piperidine rings is 1. The van der Waals surface area contributed by atoms with Crippen LogP contribution in [0.4, 0.5) is 17.1 Å². The van der Waals surface area contributed by atoms with E-state index >= 15 is 0 Å². The first-order valence-corrected chi connectivity index (χ1v) is 9.88. The van der Waals surface area contributed by atoms with Crippen LogP contribution in [0, 0.1) is 10.1 Å². The molecule has 29 heavy (non-hydrogen) atoms. The molecular weight excluding hydrogens is 370 g/mol. The van der Waals surface area contributed by atoms with Gasteiger partial charge in [-0.25, -0.2) is 4.48 Å². The van der Waals surface area contributed by atoms with Crippen LogP contribution in [0.25, 0.3) is 5.70 Å². The third-order valence-corrected chi connectivity index (χ3v) is 6.29. The molecule has 1 fully saturated rings. The Morgan fingerprint density at radius 1 is 1.10 bits per heavy atom. The molecule has 2 heterocycles. The first kappa shape index (κ1) is 19.3. The Morgan fingerprint density at radius 3 is 2.34 bits per heavy atom. The number of nitro groups is 1. The van der Waals surface area contributed by atoms with Gasteiger partial charge in [0, 0.05) is 32.1 Å². The predicted octanol–water partition coefficient (Wildman–Crippen LogP) is 4.64. The number of phenolic OH excluding ortho intramolecular Hbond substituents is 1. The van der Waals surface area contributed by atoms with Crippen LogP contribution >= 0.6 is 0 Å². The SMILES string of the molecule is COc1ccc([N+]2(C)C(C)=C([N+](=O)[O-])c3ccc(O)c(N4CCCCC4)c32)cc1. The minimum absolute atomic E-state index is 0.108. The number of fused-ring (bicyclic) bond motifs is 1. The Morgan fingerprint density at radius 2 is 1.76 bits per heavy atom. The number of anilines is 1. The van der Waals surface area contributed by atoms with Crippen molar-refractivity contribution < 1.29 is 14.8 Å². The molecule has 2 aliphatic heterocycles. The molecule has 152 valence electrons. The van der Waals surface area contributed by atoms with Crippen molar-refractivity contribution >= 4 is 22.8 Å². The van der Waals surface area contributed by atoms with Crippen molar-refractivity contribution in [3.05, 3.63) is 57.8 Å². The molecule has 1 atom stereocenters. The minimum atomic E-state index is -0.307. The summed E-state index contributed by atoms with van der Waals surface area (Å²) in [6, 6.07) is 10.8. The van der Waals surface area contributed by atoms with Crippen LogP contribution in [0.5, 0.6) is 11.5 Å². The molecule has 0 bridgehead atoms. The van der Waals surface area contributed by atoms with Gasteiger partial charge in [-0.1, -0.05) is 0 Å². The number of aromatic hydroxyl groups is 1. The molecule has 0 spiro atoms. The van der Waals surface area contributed by atoms with Gasteiger partial charge in [0.05, 0.1) is 19.1 Å². The molecule has 7 heteroatoms. The van der Waals surface area contributed by atoms with E-state index in [1.807, 2.05) is 31.3 Å². The number of methoxy groups -OCH3 is 1. The van der Waals surface area contributed by atoms with E-state index in [2.05, 4.69) is 4.90 Å². The van der Waals surface area contributed by atoms with Crippen molar-refractivity contribution in [2.75, 3.05) is 32.1 Å². The lowest BCUT2D eigenvalue weighted by Crippen LogP contribution is -2.38. The topological polar surface area (TPSA) is 75.8 Å². The zero-order chi connectivity index (χ0) is 20.8. The molecule has 1 saturated heterocycles. The molecule has 2 aliphatic rings. The molecule has 0 aromatic heterocycles. The van der Waals surface area contributed by atoms with Gasteiger partial charge in [0.2, 0.25) is 0 Å². The summed E-state index contributed by atoms with van der Waals surface area (Å²) in [5.74, 6) is 0.893. The average Bonchev–Trinajstić information content (AvgIpc) is 2.97. The fourth-order valence-corrected chi connectivity index (χ4v) is 4.65. The van der Waals surface area contributed by atoms with Crippen LogP contribution in [0.1, 0.15) is 31.7 Å². The third kappa shape index (κ3) is 2.84. The van der Waals surface area contributed by atoms with Gasteiger partial charge >= 0.3 is 5.70 Å². The van der Waals surface area contributed by atoms with Crippen LogP contribution in [0.3, 0.4) is 0 Å². The Labute approximate surface area is 170 Å². The second kappa shape index (κ2) is 7.08. The molecule has 1 unspecified atom stereocenters. The fraction of sp³-hybridized carbons (Fsp3) is 0.364. The van der Waals surface area contributed by atoms with Gasteiger partial charge in [-0.15, -0.1) is 0 Å². The summed E-state index contributed by atoms with van der Waals surface area (Å²) in [6.07, 6.45) is 3.25. The van der Waals surface area contributed by atoms with Crippen LogP contribution in [-0.4, -0.2) is 37.3 Å². The van der Waals surface area contributed by atoms with Gasteiger partial charge < -0.3 is 14.7 Å².